The van der Waals surface area contributed by atoms with Crippen molar-refractivity contribution in [3.8, 4) is 0 Å². The second kappa shape index (κ2) is 8.61. The van der Waals surface area contributed by atoms with E-state index in [9.17, 15) is 13.2 Å². The first-order chi connectivity index (χ1) is 12.1. The van der Waals surface area contributed by atoms with Crippen LogP contribution < -0.4 is 4.31 Å². The number of hydrogen-bond donors (Lipinski definition) is 0. The monoisotopic (exact) mass is 479 g/mol. The number of ether oxygens (including phenoxy) is 1. The van der Waals surface area contributed by atoms with E-state index in [-0.39, 0.29) is 26.7 Å². The van der Waals surface area contributed by atoms with Crippen LogP contribution >= 0.6 is 39.1 Å². The molecule has 0 aromatic heterocycles. The average molecular weight is 481 g/mol. The number of rotatable bonds is 6. The van der Waals surface area contributed by atoms with Crippen LogP contribution in [0.2, 0.25) is 10.0 Å². The molecule has 9 heteroatoms. The van der Waals surface area contributed by atoms with Gasteiger partial charge in [0.1, 0.15) is 6.54 Å². The van der Waals surface area contributed by atoms with Gasteiger partial charge in [-0.2, -0.15) is 0 Å². The van der Waals surface area contributed by atoms with Crippen LogP contribution in [-0.4, -0.2) is 27.0 Å². The summed E-state index contributed by atoms with van der Waals surface area (Å²) in [5.74, 6) is -0.711. The molecule has 0 fully saturated rings. The van der Waals surface area contributed by atoms with Crippen molar-refractivity contribution < 1.29 is 17.9 Å². The van der Waals surface area contributed by atoms with Crippen LogP contribution in [0.1, 0.15) is 13.8 Å². The minimum atomic E-state index is -4.10. The Labute approximate surface area is 171 Å². The van der Waals surface area contributed by atoms with Crippen LogP contribution in [0.25, 0.3) is 0 Å². The van der Waals surface area contributed by atoms with Gasteiger partial charge in [0.2, 0.25) is 0 Å². The zero-order valence-corrected chi connectivity index (χ0v) is 17.9. The van der Waals surface area contributed by atoms with Gasteiger partial charge in [0.25, 0.3) is 10.0 Å². The third-order valence-corrected chi connectivity index (χ3v) is 6.13. The molecule has 0 saturated heterocycles. The van der Waals surface area contributed by atoms with Crippen LogP contribution in [0.3, 0.4) is 0 Å². The lowest BCUT2D eigenvalue weighted by molar-refractivity contribution is -0.145. The number of nitrogens with zero attached hydrogens (tertiary/aromatic N) is 1. The van der Waals surface area contributed by atoms with Gasteiger partial charge in [0, 0.05) is 4.47 Å². The first-order valence-electron chi connectivity index (χ1n) is 7.54. The number of halogens is 3. The van der Waals surface area contributed by atoms with E-state index in [2.05, 4.69) is 15.9 Å². The summed E-state index contributed by atoms with van der Waals surface area (Å²) in [4.78, 5) is 12.2. The molecule has 2 aromatic carbocycles. The van der Waals surface area contributed by atoms with Crippen molar-refractivity contribution in [2.24, 2.45) is 0 Å². The zero-order chi connectivity index (χ0) is 19.5. The van der Waals surface area contributed by atoms with E-state index in [1.54, 1.807) is 32.0 Å². The van der Waals surface area contributed by atoms with Gasteiger partial charge in [-0.1, -0.05) is 45.2 Å². The number of esters is 1. The number of sulfonamides is 1. The molecule has 0 aliphatic heterocycles. The van der Waals surface area contributed by atoms with Crippen molar-refractivity contribution in [2.45, 2.75) is 24.8 Å². The van der Waals surface area contributed by atoms with E-state index in [0.717, 1.165) is 8.78 Å². The maximum atomic E-state index is 13.2. The fourth-order valence-electron chi connectivity index (χ4n) is 2.16. The van der Waals surface area contributed by atoms with Crippen molar-refractivity contribution in [2.75, 3.05) is 10.8 Å². The second-order valence-electron chi connectivity index (χ2n) is 5.57. The lowest BCUT2D eigenvalue weighted by Gasteiger charge is -2.26. The number of anilines is 1. The van der Waals surface area contributed by atoms with Crippen molar-refractivity contribution in [1.29, 1.82) is 0 Å². The van der Waals surface area contributed by atoms with Gasteiger partial charge in [-0.15, -0.1) is 0 Å². The summed E-state index contributed by atoms with van der Waals surface area (Å²) in [6, 6.07) is 10.6. The molecule has 2 rings (SSSR count). The second-order valence-corrected chi connectivity index (χ2v) is 9.17. The Morgan fingerprint density at radius 1 is 1.12 bits per heavy atom. The maximum absolute atomic E-state index is 13.2. The Bertz CT molecular complexity index is 881. The average Bonchev–Trinajstić information content (AvgIpc) is 2.53. The third kappa shape index (κ3) is 4.91. The third-order valence-electron chi connectivity index (χ3n) is 3.23. The highest BCUT2D eigenvalue weighted by molar-refractivity contribution is 9.10. The summed E-state index contributed by atoms with van der Waals surface area (Å²) in [5, 5.41) is 0.214. The summed E-state index contributed by atoms with van der Waals surface area (Å²) in [7, 11) is -4.10. The molecule has 0 spiro atoms. The summed E-state index contributed by atoms with van der Waals surface area (Å²) in [5.41, 5.74) is 0.0273. The lowest BCUT2D eigenvalue weighted by atomic mass is 10.3. The van der Waals surface area contributed by atoms with Crippen molar-refractivity contribution in [3.05, 3.63) is 57.0 Å². The Morgan fingerprint density at radius 2 is 1.65 bits per heavy atom. The Hall–Kier alpha value is -1.28. The van der Waals surface area contributed by atoms with E-state index >= 15 is 0 Å². The molecule has 0 aliphatic rings. The minimum absolute atomic E-state index is 0.00552. The van der Waals surface area contributed by atoms with Crippen LogP contribution in [0, 0.1) is 0 Å². The summed E-state index contributed by atoms with van der Waals surface area (Å²) < 4.78 is 33.0. The SMILES string of the molecule is CC(C)OC(=O)CN(c1c(Cl)cccc1Cl)S(=O)(=O)c1ccc(Br)cc1. The Morgan fingerprint density at radius 3 is 2.15 bits per heavy atom. The van der Waals surface area contributed by atoms with Crippen molar-refractivity contribution >= 4 is 60.8 Å². The van der Waals surface area contributed by atoms with E-state index in [4.69, 9.17) is 27.9 Å². The van der Waals surface area contributed by atoms with Crippen molar-refractivity contribution in [3.63, 3.8) is 0 Å². The van der Waals surface area contributed by atoms with Gasteiger partial charge in [0.05, 0.1) is 26.7 Å². The van der Waals surface area contributed by atoms with Crippen LogP contribution in [0.4, 0.5) is 5.69 Å². The van der Waals surface area contributed by atoms with E-state index in [1.807, 2.05) is 0 Å². The largest absolute Gasteiger partial charge is 0.462 e. The first-order valence-corrected chi connectivity index (χ1v) is 10.5. The van der Waals surface area contributed by atoms with Gasteiger partial charge in [0.15, 0.2) is 0 Å². The van der Waals surface area contributed by atoms with E-state index in [0.29, 0.717) is 0 Å². The van der Waals surface area contributed by atoms with Crippen LogP contribution in [0.15, 0.2) is 51.8 Å². The van der Waals surface area contributed by atoms with Gasteiger partial charge in [-0.05, 0) is 50.2 Å². The first kappa shape index (κ1) is 21.0. The number of para-hydroxylation sites is 1. The van der Waals surface area contributed by atoms with E-state index in [1.165, 1.54) is 24.3 Å². The fraction of sp³-hybridized carbons (Fsp3) is 0.235. The molecule has 0 heterocycles. The lowest BCUT2D eigenvalue weighted by Crippen LogP contribution is -2.37. The molecular formula is C17H16BrCl2NO4S. The highest BCUT2D eigenvalue weighted by Gasteiger charge is 2.31. The molecule has 0 aliphatic carbocycles. The smallest absolute Gasteiger partial charge is 0.327 e. The molecule has 5 nitrogen and oxygen atoms in total. The Kier molecular flexibility index (Phi) is 6.96. The summed E-state index contributed by atoms with van der Waals surface area (Å²) >= 11 is 15.6. The molecule has 0 unspecified atom stereocenters. The molecule has 0 radical (unpaired) electrons. The van der Waals surface area contributed by atoms with Gasteiger partial charge in [-0.3, -0.25) is 9.10 Å². The summed E-state index contributed by atoms with van der Waals surface area (Å²) in [6.45, 7) is 2.79. The molecule has 0 bridgehead atoms. The van der Waals surface area contributed by atoms with E-state index < -0.39 is 22.5 Å². The molecule has 0 N–H and O–H groups in total. The highest BCUT2D eigenvalue weighted by Crippen LogP contribution is 2.36. The highest BCUT2D eigenvalue weighted by atomic mass is 79.9. The Balaban J connectivity index is 2.56. The standard InChI is InChI=1S/C17H16BrCl2NO4S/c1-11(2)25-16(22)10-21(17-14(19)4-3-5-15(17)20)26(23,24)13-8-6-12(18)7-9-13/h3-9,11H,10H2,1-2H3. The van der Waals surface area contributed by atoms with Gasteiger partial charge in [-0.25, -0.2) is 8.42 Å². The molecular weight excluding hydrogens is 465 g/mol. The number of carbonyl (C=O) groups is 1. The molecule has 140 valence electrons. The molecule has 0 amide bonds. The molecule has 26 heavy (non-hydrogen) atoms. The molecule has 0 saturated carbocycles. The topological polar surface area (TPSA) is 63.7 Å². The molecule has 2 aromatic rings. The number of benzene rings is 2. The number of hydrogen-bond acceptors (Lipinski definition) is 4. The maximum Gasteiger partial charge on any atom is 0.327 e. The summed E-state index contributed by atoms with van der Waals surface area (Å²) in [6.07, 6.45) is -0.388. The quantitative estimate of drug-likeness (QED) is 0.551. The van der Waals surface area contributed by atoms with Crippen molar-refractivity contribution in [1.82, 2.24) is 0 Å². The minimum Gasteiger partial charge on any atom is -0.462 e. The molecule has 0 atom stereocenters. The normalized spacial score (nSPS) is 11.5. The predicted molar refractivity (Wildman–Crippen MR) is 106 cm³/mol. The zero-order valence-electron chi connectivity index (χ0n) is 13.9. The fourth-order valence-corrected chi connectivity index (χ4v) is 4.58. The van der Waals surface area contributed by atoms with Gasteiger partial charge < -0.3 is 4.74 Å². The van der Waals surface area contributed by atoms with Crippen LogP contribution in [-0.2, 0) is 19.6 Å². The number of carbonyl (C=O) groups excluding carboxylic acids is 1. The predicted octanol–water partition coefficient (Wildman–Crippen LogP) is 4.90. The van der Waals surface area contributed by atoms with Crippen LogP contribution in [0.5, 0.6) is 0 Å². The van der Waals surface area contributed by atoms with Gasteiger partial charge >= 0.3 is 5.97 Å².